The van der Waals surface area contributed by atoms with Crippen molar-refractivity contribution in [3.63, 3.8) is 0 Å². The third-order valence-electron chi connectivity index (χ3n) is 7.53. The summed E-state index contributed by atoms with van der Waals surface area (Å²) in [5.74, 6) is -0.866. The van der Waals surface area contributed by atoms with E-state index in [9.17, 15) is 23.2 Å². The van der Waals surface area contributed by atoms with E-state index in [0.29, 0.717) is 38.8 Å². The summed E-state index contributed by atoms with van der Waals surface area (Å²) >= 11 is 0. The normalized spacial score (nSPS) is 15.0. The molecule has 1 atom stereocenters. The minimum absolute atomic E-state index is 0.0105. The van der Waals surface area contributed by atoms with Gasteiger partial charge < -0.3 is 15.0 Å². The molecule has 1 aliphatic heterocycles. The molecule has 42 heavy (non-hydrogen) atoms. The van der Waals surface area contributed by atoms with Crippen molar-refractivity contribution in [1.29, 1.82) is 0 Å². The lowest BCUT2D eigenvalue weighted by molar-refractivity contribution is -0.132. The Morgan fingerprint density at radius 2 is 1.45 bits per heavy atom. The van der Waals surface area contributed by atoms with Crippen molar-refractivity contribution in [3.8, 4) is 0 Å². The number of hydrogen-bond donors (Lipinski definition) is 1. The van der Waals surface area contributed by atoms with E-state index in [-0.39, 0.29) is 47.7 Å². The average molecular weight is 586 g/mol. The van der Waals surface area contributed by atoms with Crippen LogP contribution < -0.4 is 5.32 Å². The zero-order valence-corrected chi connectivity index (χ0v) is 25.7. The summed E-state index contributed by atoms with van der Waals surface area (Å²) in [5.41, 5.74) is 1.07. The number of carbonyl (C=O) groups is 3. The molecule has 0 bridgehead atoms. The first-order valence-electron chi connectivity index (χ1n) is 14.8. The summed E-state index contributed by atoms with van der Waals surface area (Å²) in [4.78, 5) is 42.3. The van der Waals surface area contributed by atoms with Gasteiger partial charge in [0.15, 0.2) is 0 Å². The standard InChI is InChI=1S/C33H45F2N3O4/c1-22(2)21-29(37(6)32(41)42-33(3,4)5)31(40)36-27-17-19-38(20-18-27)30(39)16-15-28(23-7-11-25(34)12-8-23)24-9-13-26(35)14-10-24/h7-14,22,27-29H,15-21H2,1-6H3,(H,36,40)/t29-/m0/s1. The molecule has 2 aromatic rings. The van der Waals surface area contributed by atoms with Gasteiger partial charge in [-0.25, -0.2) is 13.6 Å². The smallest absolute Gasteiger partial charge is 0.410 e. The van der Waals surface area contributed by atoms with Crippen LogP contribution in [0.3, 0.4) is 0 Å². The summed E-state index contributed by atoms with van der Waals surface area (Å²) < 4.78 is 32.6. The number of likely N-dealkylation sites (tertiary alicyclic amines) is 1. The van der Waals surface area contributed by atoms with E-state index in [4.69, 9.17) is 4.74 Å². The third-order valence-corrected chi connectivity index (χ3v) is 7.53. The Bertz CT molecular complexity index is 1140. The number of halogens is 2. The number of nitrogens with zero attached hydrogens (tertiary/aromatic N) is 2. The van der Waals surface area contributed by atoms with E-state index in [0.717, 1.165) is 11.1 Å². The second-order valence-electron chi connectivity index (χ2n) is 12.6. The van der Waals surface area contributed by atoms with Crippen molar-refractivity contribution < 1.29 is 27.9 Å². The first kappa shape index (κ1) is 33.0. The maximum Gasteiger partial charge on any atom is 0.410 e. The third kappa shape index (κ3) is 9.81. The van der Waals surface area contributed by atoms with Gasteiger partial charge in [0.2, 0.25) is 11.8 Å². The van der Waals surface area contributed by atoms with Crippen molar-refractivity contribution in [1.82, 2.24) is 15.1 Å². The van der Waals surface area contributed by atoms with E-state index < -0.39 is 17.7 Å². The molecule has 0 radical (unpaired) electrons. The maximum absolute atomic E-state index is 13.5. The quantitative estimate of drug-likeness (QED) is 0.357. The van der Waals surface area contributed by atoms with Crippen LogP contribution in [0.5, 0.6) is 0 Å². The highest BCUT2D eigenvalue weighted by Gasteiger charge is 2.33. The van der Waals surface area contributed by atoms with Crippen LogP contribution in [0.4, 0.5) is 13.6 Å². The Morgan fingerprint density at radius 3 is 1.90 bits per heavy atom. The molecule has 0 aliphatic carbocycles. The van der Waals surface area contributed by atoms with Gasteiger partial charge in [-0.05, 0) is 87.8 Å². The van der Waals surface area contributed by atoms with E-state index in [1.165, 1.54) is 29.2 Å². The Morgan fingerprint density at radius 1 is 0.952 bits per heavy atom. The Hall–Kier alpha value is -3.49. The lowest BCUT2D eigenvalue weighted by atomic mass is 9.87. The van der Waals surface area contributed by atoms with Gasteiger partial charge in [-0.3, -0.25) is 14.5 Å². The van der Waals surface area contributed by atoms with Gasteiger partial charge in [0.05, 0.1) is 0 Å². The van der Waals surface area contributed by atoms with E-state index in [1.54, 1.807) is 52.1 Å². The maximum atomic E-state index is 13.5. The Kier molecular flexibility index (Phi) is 11.5. The van der Waals surface area contributed by atoms with Gasteiger partial charge in [-0.2, -0.15) is 0 Å². The molecule has 1 fully saturated rings. The highest BCUT2D eigenvalue weighted by Crippen LogP contribution is 2.30. The van der Waals surface area contributed by atoms with Crippen LogP contribution in [0.2, 0.25) is 0 Å². The van der Waals surface area contributed by atoms with Crippen molar-refractivity contribution in [2.75, 3.05) is 20.1 Å². The zero-order chi connectivity index (χ0) is 31.0. The number of rotatable bonds is 10. The highest BCUT2D eigenvalue weighted by atomic mass is 19.1. The fraction of sp³-hybridized carbons (Fsp3) is 0.545. The molecule has 0 aromatic heterocycles. The topological polar surface area (TPSA) is 79.0 Å². The van der Waals surface area contributed by atoms with E-state index in [1.807, 2.05) is 18.7 Å². The lowest BCUT2D eigenvalue weighted by Crippen LogP contribution is -2.54. The number of piperidine rings is 1. The monoisotopic (exact) mass is 585 g/mol. The van der Waals surface area contributed by atoms with Crippen LogP contribution in [0.25, 0.3) is 0 Å². The van der Waals surface area contributed by atoms with Gasteiger partial charge in [0, 0.05) is 38.5 Å². The predicted molar refractivity (Wildman–Crippen MR) is 159 cm³/mol. The molecule has 1 saturated heterocycles. The minimum atomic E-state index is -0.665. The van der Waals surface area contributed by atoms with Crippen LogP contribution in [0.1, 0.15) is 83.8 Å². The van der Waals surface area contributed by atoms with Crippen molar-refractivity contribution in [2.45, 2.75) is 90.3 Å². The summed E-state index contributed by atoms with van der Waals surface area (Å²) in [7, 11) is 1.59. The fourth-order valence-electron chi connectivity index (χ4n) is 5.26. The summed E-state index contributed by atoms with van der Waals surface area (Å²) in [5, 5.41) is 3.10. The van der Waals surface area contributed by atoms with Crippen molar-refractivity contribution >= 4 is 17.9 Å². The second-order valence-corrected chi connectivity index (χ2v) is 12.6. The molecule has 3 amide bonds. The van der Waals surface area contributed by atoms with Crippen molar-refractivity contribution in [2.24, 2.45) is 5.92 Å². The average Bonchev–Trinajstić information content (AvgIpc) is 2.92. The van der Waals surface area contributed by atoms with Crippen LogP contribution in [0, 0.1) is 17.6 Å². The van der Waals surface area contributed by atoms with Crippen molar-refractivity contribution in [3.05, 3.63) is 71.3 Å². The molecule has 0 spiro atoms. The van der Waals surface area contributed by atoms with Crippen LogP contribution >= 0.6 is 0 Å². The molecule has 3 rings (SSSR count). The second kappa shape index (κ2) is 14.6. The highest BCUT2D eigenvalue weighted by molar-refractivity contribution is 5.86. The number of nitrogens with one attached hydrogen (secondary N) is 1. The zero-order valence-electron chi connectivity index (χ0n) is 25.7. The van der Waals surface area contributed by atoms with Gasteiger partial charge in [-0.15, -0.1) is 0 Å². The molecule has 1 N–H and O–H groups in total. The molecule has 7 nitrogen and oxygen atoms in total. The number of hydrogen-bond acceptors (Lipinski definition) is 4. The summed E-state index contributed by atoms with van der Waals surface area (Å²) in [6.45, 7) is 10.4. The fourth-order valence-corrected chi connectivity index (χ4v) is 5.26. The minimum Gasteiger partial charge on any atom is -0.444 e. The molecule has 230 valence electrons. The molecule has 0 unspecified atom stereocenters. The molecule has 0 saturated carbocycles. The molecule has 9 heteroatoms. The first-order valence-corrected chi connectivity index (χ1v) is 14.8. The van der Waals surface area contributed by atoms with Gasteiger partial charge in [0.25, 0.3) is 0 Å². The van der Waals surface area contributed by atoms with Gasteiger partial charge >= 0.3 is 6.09 Å². The Balaban J connectivity index is 1.56. The molecular formula is C33H45F2N3O4. The predicted octanol–water partition coefficient (Wildman–Crippen LogP) is 6.27. The molecule has 2 aromatic carbocycles. The van der Waals surface area contributed by atoms with Crippen LogP contribution in [-0.4, -0.2) is 65.5 Å². The first-order chi connectivity index (χ1) is 19.7. The van der Waals surface area contributed by atoms with Crippen LogP contribution in [0.15, 0.2) is 48.5 Å². The van der Waals surface area contributed by atoms with E-state index >= 15 is 0 Å². The molecule has 1 heterocycles. The number of benzene rings is 2. The summed E-state index contributed by atoms with van der Waals surface area (Å²) in [6, 6.07) is 11.6. The largest absolute Gasteiger partial charge is 0.444 e. The Labute approximate surface area is 248 Å². The number of likely N-dealkylation sites (N-methyl/N-ethyl adjacent to an activating group) is 1. The van der Waals surface area contributed by atoms with Crippen LogP contribution in [-0.2, 0) is 14.3 Å². The van der Waals surface area contributed by atoms with E-state index in [2.05, 4.69) is 5.32 Å². The van der Waals surface area contributed by atoms with Gasteiger partial charge in [0.1, 0.15) is 23.3 Å². The number of amides is 3. The number of carbonyl (C=O) groups excluding carboxylic acids is 3. The van der Waals surface area contributed by atoms with Gasteiger partial charge in [-0.1, -0.05) is 38.1 Å². The lowest BCUT2D eigenvalue weighted by Gasteiger charge is -2.35. The number of ether oxygens (including phenoxy) is 1. The molecule has 1 aliphatic rings. The SMILES string of the molecule is CC(C)C[C@@H](C(=O)NC1CCN(C(=O)CCC(c2ccc(F)cc2)c2ccc(F)cc2)CC1)N(C)C(=O)OC(C)(C)C. The molecular weight excluding hydrogens is 540 g/mol. The summed E-state index contributed by atoms with van der Waals surface area (Å²) in [6.07, 6.45) is 1.97.